The molecular weight excluding hydrogens is 452 g/mol. The number of alkyl halides is 1. The Bertz CT molecular complexity index is 1240. The second-order valence-electron chi connectivity index (χ2n) is 9.92. The molecule has 186 valence electrons. The van der Waals surface area contributed by atoms with Gasteiger partial charge in [0.05, 0.1) is 12.1 Å². The van der Waals surface area contributed by atoms with Gasteiger partial charge in [0, 0.05) is 41.8 Å². The molecule has 0 spiro atoms. The summed E-state index contributed by atoms with van der Waals surface area (Å²) in [6, 6.07) is 8.02. The molecule has 9 heteroatoms. The van der Waals surface area contributed by atoms with Crippen molar-refractivity contribution in [1.29, 1.82) is 0 Å². The number of piperidine rings is 1. The van der Waals surface area contributed by atoms with Crippen molar-refractivity contribution >= 4 is 28.6 Å². The smallest absolute Gasteiger partial charge is 0.410 e. The molecule has 2 aromatic carbocycles. The highest BCUT2D eigenvalue weighted by molar-refractivity contribution is 5.88. The molecule has 1 aliphatic rings. The van der Waals surface area contributed by atoms with Crippen LogP contribution in [0.5, 0.6) is 0 Å². The average molecular weight is 484 g/mol. The summed E-state index contributed by atoms with van der Waals surface area (Å²) in [7, 11) is 0. The monoisotopic (exact) mass is 483 g/mol. The van der Waals surface area contributed by atoms with E-state index in [4.69, 9.17) is 10.5 Å². The molecule has 35 heavy (non-hydrogen) atoms. The van der Waals surface area contributed by atoms with Gasteiger partial charge < -0.3 is 20.7 Å². The fourth-order valence-corrected chi connectivity index (χ4v) is 4.28. The third-order valence-corrected chi connectivity index (χ3v) is 5.83. The summed E-state index contributed by atoms with van der Waals surface area (Å²) in [6.45, 7) is 7.61. The van der Waals surface area contributed by atoms with E-state index in [1.807, 2.05) is 19.1 Å². The molecule has 0 radical (unpaired) electrons. The van der Waals surface area contributed by atoms with Crippen LogP contribution in [0.3, 0.4) is 0 Å². The van der Waals surface area contributed by atoms with Gasteiger partial charge in [-0.1, -0.05) is 6.92 Å². The van der Waals surface area contributed by atoms with Crippen LogP contribution < -0.4 is 11.1 Å². The highest BCUT2D eigenvalue weighted by Gasteiger charge is 2.33. The summed E-state index contributed by atoms with van der Waals surface area (Å²) in [5.41, 5.74) is 8.24. The second kappa shape index (κ2) is 9.64. The number of aromatic nitrogens is 2. The first-order chi connectivity index (χ1) is 16.5. The second-order valence-corrected chi connectivity index (χ2v) is 9.92. The number of hydrogen-bond acceptors (Lipinski definition) is 6. The number of carbonyl (C=O) groups excluding carboxylic acids is 1. The molecule has 3 aromatic rings. The molecule has 3 N–H and O–H groups in total. The van der Waals surface area contributed by atoms with Gasteiger partial charge >= 0.3 is 6.09 Å². The minimum Gasteiger partial charge on any atom is -0.444 e. The molecular formula is C26H31F2N5O2. The van der Waals surface area contributed by atoms with Crippen molar-refractivity contribution in [3.8, 4) is 11.1 Å². The molecule has 1 aliphatic heterocycles. The van der Waals surface area contributed by atoms with E-state index in [2.05, 4.69) is 15.3 Å². The number of anilines is 2. The predicted molar refractivity (Wildman–Crippen MR) is 133 cm³/mol. The van der Waals surface area contributed by atoms with Crippen LogP contribution in [0.4, 0.5) is 25.2 Å². The van der Waals surface area contributed by atoms with Crippen LogP contribution in [-0.2, 0) is 11.2 Å². The topological polar surface area (TPSA) is 93.4 Å². The fraction of sp³-hybridized carbons (Fsp3) is 0.423. The number of carbonyl (C=O) groups is 1. The Balaban J connectivity index is 1.58. The molecule has 0 bridgehead atoms. The number of nitrogens with zero attached hydrogens (tertiary/aromatic N) is 3. The molecule has 0 saturated carbocycles. The lowest BCUT2D eigenvalue weighted by atomic mass is 9.98. The zero-order valence-electron chi connectivity index (χ0n) is 20.4. The van der Waals surface area contributed by atoms with Crippen molar-refractivity contribution in [2.24, 2.45) is 0 Å². The van der Waals surface area contributed by atoms with E-state index in [-0.39, 0.29) is 25.6 Å². The van der Waals surface area contributed by atoms with E-state index in [1.54, 1.807) is 39.1 Å². The molecule has 2 atom stereocenters. The normalized spacial score (nSPS) is 18.5. The van der Waals surface area contributed by atoms with E-state index in [1.165, 1.54) is 11.0 Å². The molecule has 4 rings (SSSR count). The number of ether oxygens (including phenoxy) is 1. The van der Waals surface area contributed by atoms with E-state index in [9.17, 15) is 13.6 Å². The lowest BCUT2D eigenvalue weighted by Gasteiger charge is -2.36. The first-order valence-corrected chi connectivity index (χ1v) is 11.8. The Kier molecular flexibility index (Phi) is 6.78. The Morgan fingerprint density at radius 2 is 2.03 bits per heavy atom. The van der Waals surface area contributed by atoms with Crippen molar-refractivity contribution in [3.63, 3.8) is 0 Å². The molecule has 0 aliphatic carbocycles. The zero-order valence-corrected chi connectivity index (χ0v) is 20.4. The van der Waals surface area contributed by atoms with Crippen LogP contribution in [0.25, 0.3) is 22.0 Å². The number of halogens is 2. The van der Waals surface area contributed by atoms with Crippen LogP contribution in [-0.4, -0.2) is 51.9 Å². The van der Waals surface area contributed by atoms with Gasteiger partial charge in [0.1, 0.15) is 17.6 Å². The van der Waals surface area contributed by atoms with E-state index < -0.39 is 23.7 Å². The Morgan fingerprint density at radius 1 is 1.26 bits per heavy atom. The maximum absolute atomic E-state index is 14.5. The van der Waals surface area contributed by atoms with Crippen LogP contribution in [0, 0.1) is 5.82 Å². The molecule has 2 unspecified atom stereocenters. The van der Waals surface area contributed by atoms with E-state index in [0.29, 0.717) is 23.6 Å². The highest BCUT2D eigenvalue weighted by atomic mass is 19.1. The standard InChI is InChI=1S/C26H31F2N5O2/c1-5-15-8-16(21-7-6-19(29)11-22(21)28)9-17-12-30-24(32-23(15)17)31-20-10-18(27)13-33(14-20)25(34)35-26(2,3)4/h6-9,11-12,18,20H,5,10,13-14,29H2,1-4H3,(H,30,31,32). The molecule has 1 saturated heterocycles. The van der Waals surface area contributed by atoms with Gasteiger partial charge in [-0.2, -0.15) is 0 Å². The number of likely N-dealkylation sites (tertiary alicyclic amines) is 1. The van der Waals surface area contributed by atoms with Crippen LogP contribution in [0.2, 0.25) is 0 Å². The number of fused-ring (bicyclic) bond motifs is 1. The summed E-state index contributed by atoms with van der Waals surface area (Å²) in [4.78, 5) is 22.9. The zero-order chi connectivity index (χ0) is 25.3. The average Bonchev–Trinajstić information content (AvgIpc) is 2.77. The first kappa shape index (κ1) is 24.6. The fourth-order valence-electron chi connectivity index (χ4n) is 4.28. The quantitative estimate of drug-likeness (QED) is 0.487. The number of nitrogen functional groups attached to an aromatic ring is 1. The number of nitrogens with one attached hydrogen (secondary N) is 1. The van der Waals surface area contributed by atoms with E-state index >= 15 is 0 Å². The van der Waals surface area contributed by atoms with Crippen LogP contribution in [0.15, 0.2) is 36.5 Å². The lowest BCUT2D eigenvalue weighted by molar-refractivity contribution is 0.0124. The maximum atomic E-state index is 14.5. The van der Waals surface area contributed by atoms with Crippen molar-refractivity contribution in [1.82, 2.24) is 14.9 Å². The van der Waals surface area contributed by atoms with Gasteiger partial charge in [-0.05, 0) is 68.7 Å². The Morgan fingerprint density at radius 3 is 2.71 bits per heavy atom. The molecule has 1 aromatic heterocycles. The summed E-state index contributed by atoms with van der Waals surface area (Å²) in [6.07, 6.45) is 0.861. The number of amides is 1. The summed E-state index contributed by atoms with van der Waals surface area (Å²) >= 11 is 0. The van der Waals surface area contributed by atoms with Crippen LogP contribution >= 0.6 is 0 Å². The highest BCUT2D eigenvalue weighted by Crippen LogP contribution is 2.30. The maximum Gasteiger partial charge on any atom is 0.410 e. The Labute approximate surface area is 203 Å². The van der Waals surface area contributed by atoms with Gasteiger partial charge in [0.2, 0.25) is 5.95 Å². The first-order valence-electron chi connectivity index (χ1n) is 11.8. The number of nitrogens with two attached hydrogens (primary N) is 1. The SMILES string of the molecule is CCc1cc(-c2ccc(N)cc2F)cc2cnc(NC3CC(F)CN(C(=O)OC(C)(C)C)C3)nc12. The number of aryl methyl sites for hydroxylation is 1. The summed E-state index contributed by atoms with van der Waals surface area (Å²) < 4.78 is 34.4. The van der Waals surface area contributed by atoms with Gasteiger partial charge in [0.15, 0.2) is 0 Å². The Hall–Kier alpha value is -3.49. The molecule has 1 amide bonds. The minimum atomic E-state index is -1.18. The van der Waals surface area contributed by atoms with E-state index in [0.717, 1.165) is 22.0 Å². The minimum absolute atomic E-state index is 0.00384. The van der Waals surface area contributed by atoms with Crippen molar-refractivity contribution in [2.45, 2.75) is 58.4 Å². The van der Waals surface area contributed by atoms with Crippen LogP contribution in [0.1, 0.15) is 39.7 Å². The number of hydrogen-bond donors (Lipinski definition) is 2. The third kappa shape index (κ3) is 5.78. The number of rotatable bonds is 4. The molecule has 1 fully saturated rings. The van der Waals surface area contributed by atoms with Crippen molar-refractivity contribution in [3.05, 3.63) is 47.9 Å². The molecule has 2 heterocycles. The third-order valence-electron chi connectivity index (χ3n) is 5.83. The summed E-state index contributed by atoms with van der Waals surface area (Å²) in [5.74, 6) is -0.0416. The van der Waals surface area contributed by atoms with Crippen molar-refractivity contribution in [2.75, 3.05) is 24.1 Å². The van der Waals surface area contributed by atoms with Gasteiger partial charge in [-0.3, -0.25) is 0 Å². The lowest BCUT2D eigenvalue weighted by Crippen LogP contribution is -2.51. The van der Waals surface area contributed by atoms with Gasteiger partial charge in [0.25, 0.3) is 0 Å². The largest absolute Gasteiger partial charge is 0.444 e. The van der Waals surface area contributed by atoms with Gasteiger partial charge in [-0.15, -0.1) is 0 Å². The molecule has 7 nitrogen and oxygen atoms in total. The van der Waals surface area contributed by atoms with Gasteiger partial charge in [-0.25, -0.2) is 23.5 Å². The van der Waals surface area contributed by atoms with Crippen molar-refractivity contribution < 1.29 is 18.3 Å². The number of benzene rings is 2. The summed E-state index contributed by atoms with van der Waals surface area (Å²) in [5, 5.41) is 3.95. The predicted octanol–water partition coefficient (Wildman–Crippen LogP) is 5.34.